The van der Waals surface area contributed by atoms with Crippen molar-refractivity contribution >= 4 is 30.1 Å². The van der Waals surface area contributed by atoms with Gasteiger partial charge in [-0.25, -0.2) is 0 Å². The highest BCUT2D eigenvalue weighted by molar-refractivity contribution is 7.80. The fraction of sp³-hybridized carbons (Fsp3) is 0.391. The van der Waals surface area contributed by atoms with Crippen LogP contribution in [-0.4, -0.2) is 38.2 Å². The van der Waals surface area contributed by atoms with Crippen molar-refractivity contribution in [3.8, 4) is 0 Å². The van der Waals surface area contributed by atoms with E-state index in [0.29, 0.717) is 0 Å². The van der Waals surface area contributed by atoms with E-state index in [2.05, 4.69) is 104 Å². The van der Waals surface area contributed by atoms with Crippen LogP contribution in [0.5, 0.6) is 0 Å². The largest absolute Gasteiger partial charge is 0.374 e. The summed E-state index contributed by atoms with van der Waals surface area (Å²) in [5.74, 6) is 0.851. The van der Waals surface area contributed by atoms with Gasteiger partial charge in [0.05, 0.1) is 6.61 Å². The molecule has 0 bridgehead atoms. The third-order valence-electron chi connectivity index (χ3n) is 6.07. The molecule has 0 radical (unpaired) electrons. The van der Waals surface area contributed by atoms with Crippen LogP contribution in [0.3, 0.4) is 0 Å². The lowest BCUT2D eigenvalue weighted by Crippen LogP contribution is -2.51. The van der Waals surface area contributed by atoms with Crippen molar-refractivity contribution in [3.63, 3.8) is 0 Å². The van der Waals surface area contributed by atoms with Crippen LogP contribution in [0.25, 0.3) is 6.08 Å². The minimum absolute atomic E-state index is 0.108. The van der Waals surface area contributed by atoms with Crippen LogP contribution in [0.4, 0.5) is 11.4 Å². The SMILES string of the molecule is CN(CCS)c1ccc(/C=C/C23OCCN2c2ccccc2C3(C)C)cc1. The Morgan fingerprint density at radius 2 is 1.89 bits per heavy atom. The monoisotopic (exact) mass is 380 g/mol. The number of anilines is 2. The molecule has 2 aromatic carbocycles. The standard InChI is InChI=1S/C23H28N2OS/c1-22(2)20-6-4-5-7-21(20)25-14-16-26-23(22,25)13-12-18-8-10-19(11-9-18)24(3)15-17-27/h4-13,27H,14-17H2,1-3H3/b13-12+. The Balaban J connectivity index is 1.64. The topological polar surface area (TPSA) is 15.7 Å². The van der Waals surface area contributed by atoms with Crippen molar-refractivity contribution in [2.45, 2.75) is 25.0 Å². The average Bonchev–Trinajstić information content (AvgIpc) is 3.19. The van der Waals surface area contributed by atoms with Gasteiger partial charge in [0.2, 0.25) is 0 Å². The smallest absolute Gasteiger partial charge is 0.170 e. The summed E-state index contributed by atoms with van der Waals surface area (Å²) < 4.78 is 6.40. The van der Waals surface area contributed by atoms with E-state index < -0.39 is 5.72 Å². The predicted octanol–water partition coefficient (Wildman–Crippen LogP) is 4.59. The third-order valence-corrected chi connectivity index (χ3v) is 6.27. The second-order valence-electron chi connectivity index (χ2n) is 7.91. The lowest BCUT2D eigenvalue weighted by atomic mass is 9.77. The molecule has 4 heteroatoms. The first-order valence-electron chi connectivity index (χ1n) is 9.62. The number of fused-ring (bicyclic) bond motifs is 3. The molecule has 2 aromatic rings. The van der Waals surface area contributed by atoms with Crippen LogP contribution in [0.2, 0.25) is 0 Å². The van der Waals surface area contributed by atoms with E-state index in [-0.39, 0.29) is 5.41 Å². The number of rotatable bonds is 5. The summed E-state index contributed by atoms with van der Waals surface area (Å²) in [7, 11) is 2.10. The van der Waals surface area contributed by atoms with Crippen LogP contribution in [-0.2, 0) is 10.2 Å². The molecule has 27 heavy (non-hydrogen) atoms. The summed E-state index contributed by atoms with van der Waals surface area (Å²) >= 11 is 4.31. The zero-order valence-electron chi connectivity index (χ0n) is 16.4. The van der Waals surface area contributed by atoms with Crippen LogP contribution in [0, 0.1) is 0 Å². The maximum atomic E-state index is 6.40. The van der Waals surface area contributed by atoms with Crippen LogP contribution >= 0.6 is 12.6 Å². The second kappa shape index (κ2) is 6.92. The molecule has 142 valence electrons. The highest BCUT2D eigenvalue weighted by Gasteiger charge is 2.58. The second-order valence-corrected chi connectivity index (χ2v) is 8.36. The van der Waals surface area contributed by atoms with Gasteiger partial charge in [-0.15, -0.1) is 0 Å². The molecule has 0 aliphatic carbocycles. The molecule has 0 saturated carbocycles. The van der Waals surface area contributed by atoms with E-state index in [0.717, 1.165) is 25.4 Å². The summed E-state index contributed by atoms with van der Waals surface area (Å²) in [6.45, 7) is 7.21. The van der Waals surface area contributed by atoms with Gasteiger partial charge in [-0.05, 0) is 35.4 Å². The fourth-order valence-corrected chi connectivity index (χ4v) is 4.76. The van der Waals surface area contributed by atoms with E-state index >= 15 is 0 Å². The van der Waals surface area contributed by atoms with Crippen molar-refractivity contribution in [2.75, 3.05) is 42.3 Å². The molecule has 1 unspecified atom stereocenters. The molecule has 1 atom stereocenters. The number of hydrogen-bond donors (Lipinski definition) is 1. The Bertz CT molecular complexity index is 846. The molecular weight excluding hydrogens is 352 g/mol. The first-order valence-corrected chi connectivity index (χ1v) is 10.3. The number of ether oxygens (including phenoxy) is 1. The molecule has 2 aliphatic rings. The maximum absolute atomic E-state index is 6.40. The van der Waals surface area contributed by atoms with Crippen molar-refractivity contribution in [1.29, 1.82) is 0 Å². The molecule has 0 aromatic heterocycles. The Morgan fingerprint density at radius 3 is 2.63 bits per heavy atom. The molecule has 2 heterocycles. The van der Waals surface area contributed by atoms with Gasteiger partial charge in [0.25, 0.3) is 0 Å². The first-order chi connectivity index (χ1) is 13.0. The zero-order chi connectivity index (χ0) is 19.1. The quantitative estimate of drug-likeness (QED) is 0.764. The normalized spacial score (nSPS) is 22.9. The Labute approximate surface area is 168 Å². The van der Waals surface area contributed by atoms with E-state index in [1.54, 1.807) is 0 Å². The summed E-state index contributed by atoms with van der Waals surface area (Å²) in [5.41, 5.74) is 4.54. The van der Waals surface area contributed by atoms with E-state index in [4.69, 9.17) is 4.74 Å². The van der Waals surface area contributed by atoms with Gasteiger partial charge in [-0.1, -0.05) is 50.3 Å². The summed E-state index contributed by atoms with van der Waals surface area (Å²) in [6.07, 6.45) is 4.46. The molecule has 0 amide bonds. The Kier molecular flexibility index (Phi) is 4.73. The van der Waals surface area contributed by atoms with E-state index in [9.17, 15) is 0 Å². The minimum atomic E-state index is -0.418. The third kappa shape index (κ3) is 2.86. The molecule has 1 saturated heterocycles. The highest BCUT2D eigenvalue weighted by Crippen LogP contribution is 2.54. The van der Waals surface area contributed by atoms with Gasteiger partial charge in [0.1, 0.15) is 0 Å². The summed E-state index contributed by atoms with van der Waals surface area (Å²) in [5, 5.41) is 0. The van der Waals surface area contributed by atoms with Crippen molar-refractivity contribution < 1.29 is 4.74 Å². The van der Waals surface area contributed by atoms with Gasteiger partial charge in [0, 0.05) is 42.7 Å². The Morgan fingerprint density at radius 1 is 1.15 bits per heavy atom. The lowest BCUT2D eigenvalue weighted by molar-refractivity contribution is 0.000337. The van der Waals surface area contributed by atoms with Gasteiger partial charge in [-0.3, -0.25) is 0 Å². The lowest BCUT2D eigenvalue weighted by Gasteiger charge is -2.39. The first kappa shape index (κ1) is 18.5. The minimum Gasteiger partial charge on any atom is -0.374 e. The van der Waals surface area contributed by atoms with Crippen molar-refractivity contribution in [3.05, 3.63) is 65.7 Å². The van der Waals surface area contributed by atoms with Gasteiger partial charge in [0.15, 0.2) is 5.72 Å². The molecule has 3 nitrogen and oxygen atoms in total. The van der Waals surface area contributed by atoms with Crippen LogP contribution in [0.15, 0.2) is 54.6 Å². The van der Waals surface area contributed by atoms with Crippen molar-refractivity contribution in [1.82, 2.24) is 0 Å². The number of thiol groups is 1. The van der Waals surface area contributed by atoms with E-state index in [1.807, 2.05) is 0 Å². The Hall–Kier alpha value is -1.91. The molecule has 0 spiro atoms. The highest BCUT2D eigenvalue weighted by atomic mass is 32.1. The number of nitrogens with zero attached hydrogens (tertiary/aromatic N) is 2. The average molecular weight is 381 g/mol. The number of benzene rings is 2. The molecule has 1 fully saturated rings. The summed E-state index contributed by atoms with van der Waals surface area (Å²) in [6, 6.07) is 17.4. The molecular formula is C23H28N2OS. The van der Waals surface area contributed by atoms with Crippen LogP contribution < -0.4 is 9.80 Å². The summed E-state index contributed by atoms with van der Waals surface area (Å²) in [4.78, 5) is 4.64. The van der Waals surface area contributed by atoms with Gasteiger partial charge in [-0.2, -0.15) is 12.6 Å². The zero-order valence-corrected chi connectivity index (χ0v) is 17.2. The molecule has 0 N–H and O–H groups in total. The van der Waals surface area contributed by atoms with Crippen molar-refractivity contribution in [2.24, 2.45) is 0 Å². The maximum Gasteiger partial charge on any atom is 0.170 e. The fourth-order valence-electron chi connectivity index (χ4n) is 4.46. The predicted molar refractivity (Wildman–Crippen MR) is 118 cm³/mol. The molecule has 2 aliphatic heterocycles. The van der Waals surface area contributed by atoms with Gasteiger partial charge < -0.3 is 14.5 Å². The van der Waals surface area contributed by atoms with E-state index in [1.165, 1.54) is 22.5 Å². The number of hydrogen-bond acceptors (Lipinski definition) is 4. The van der Waals surface area contributed by atoms with Gasteiger partial charge >= 0.3 is 0 Å². The number of para-hydroxylation sites is 1. The van der Waals surface area contributed by atoms with Crippen LogP contribution in [0.1, 0.15) is 25.0 Å². The molecule has 4 rings (SSSR count).